The SMILES string of the molecule is O=CN1CC(c2nc(-c3ccc4cnn(C5COC5)c4c3)no2)C1. The Kier molecular flexibility index (Phi) is 2.93. The van der Waals surface area contributed by atoms with E-state index in [9.17, 15) is 4.79 Å². The normalized spacial score (nSPS) is 18.6. The molecule has 1 amide bonds. The molecular formula is C16H15N5O3. The molecule has 2 aromatic heterocycles. The van der Waals surface area contributed by atoms with Gasteiger partial charge in [0.1, 0.15) is 0 Å². The van der Waals surface area contributed by atoms with Crippen LogP contribution in [-0.4, -0.2) is 57.5 Å². The lowest BCUT2D eigenvalue weighted by Gasteiger charge is -2.33. The van der Waals surface area contributed by atoms with Crippen LogP contribution < -0.4 is 0 Å². The lowest BCUT2D eigenvalue weighted by molar-refractivity contribution is -0.122. The number of hydrogen-bond acceptors (Lipinski definition) is 6. The van der Waals surface area contributed by atoms with Crippen LogP contribution in [0.25, 0.3) is 22.3 Å². The van der Waals surface area contributed by atoms with Gasteiger partial charge < -0.3 is 14.2 Å². The molecule has 0 bridgehead atoms. The molecule has 0 N–H and O–H groups in total. The van der Waals surface area contributed by atoms with E-state index in [0.29, 0.717) is 44.1 Å². The third kappa shape index (κ3) is 2.03. The van der Waals surface area contributed by atoms with Crippen molar-refractivity contribution in [3.05, 3.63) is 30.3 Å². The van der Waals surface area contributed by atoms with Crippen LogP contribution in [0.3, 0.4) is 0 Å². The highest BCUT2D eigenvalue weighted by Gasteiger charge is 2.32. The lowest BCUT2D eigenvalue weighted by atomic mass is 10.0. The molecule has 0 unspecified atom stereocenters. The van der Waals surface area contributed by atoms with Crippen LogP contribution in [-0.2, 0) is 9.53 Å². The van der Waals surface area contributed by atoms with Crippen molar-refractivity contribution in [2.45, 2.75) is 12.0 Å². The number of likely N-dealkylation sites (tertiary alicyclic amines) is 1. The Balaban J connectivity index is 1.46. The van der Waals surface area contributed by atoms with E-state index in [1.54, 1.807) is 4.90 Å². The summed E-state index contributed by atoms with van der Waals surface area (Å²) in [7, 11) is 0. The molecule has 1 aromatic carbocycles. The Morgan fingerprint density at radius 1 is 1.25 bits per heavy atom. The molecule has 3 aromatic rings. The number of aromatic nitrogens is 4. The summed E-state index contributed by atoms with van der Waals surface area (Å²) in [6.07, 6.45) is 2.70. The summed E-state index contributed by atoms with van der Waals surface area (Å²) in [5, 5.41) is 9.63. The number of rotatable bonds is 4. The largest absolute Gasteiger partial charge is 0.377 e. The molecule has 0 saturated carbocycles. The molecular weight excluding hydrogens is 310 g/mol. The van der Waals surface area contributed by atoms with Gasteiger partial charge >= 0.3 is 0 Å². The van der Waals surface area contributed by atoms with Gasteiger partial charge in [0.25, 0.3) is 0 Å². The Morgan fingerprint density at radius 3 is 2.88 bits per heavy atom. The highest BCUT2D eigenvalue weighted by molar-refractivity contribution is 5.83. The minimum absolute atomic E-state index is 0.137. The number of ether oxygens (including phenoxy) is 1. The third-order valence-corrected chi connectivity index (χ3v) is 4.67. The number of carbonyl (C=O) groups is 1. The molecule has 4 heterocycles. The van der Waals surface area contributed by atoms with Crippen molar-refractivity contribution >= 4 is 17.3 Å². The van der Waals surface area contributed by atoms with Gasteiger partial charge in [0.2, 0.25) is 18.1 Å². The molecule has 0 radical (unpaired) electrons. The average molecular weight is 325 g/mol. The zero-order valence-electron chi connectivity index (χ0n) is 12.8. The number of carbonyl (C=O) groups excluding carboxylic acids is 1. The molecule has 5 rings (SSSR count). The lowest BCUT2D eigenvalue weighted by Crippen LogP contribution is -2.43. The first-order valence-corrected chi connectivity index (χ1v) is 7.90. The third-order valence-electron chi connectivity index (χ3n) is 4.67. The monoisotopic (exact) mass is 325 g/mol. The Bertz CT molecular complexity index is 907. The van der Waals surface area contributed by atoms with Gasteiger partial charge in [0.05, 0.1) is 36.9 Å². The van der Waals surface area contributed by atoms with Crippen molar-refractivity contribution < 1.29 is 14.1 Å². The summed E-state index contributed by atoms with van der Waals surface area (Å²) in [5.41, 5.74) is 1.94. The van der Waals surface area contributed by atoms with Gasteiger partial charge in [-0.1, -0.05) is 17.3 Å². The highest BCUT2D eigenvalue weighted by Crippen LogP contribution is 2.29. The second-order valence-corrected chi connectivity index (χ2v) is 6.27. The number of amides is 1. The Labute approximate surface area is 137 Å². The van der Waals surface area contributed by atoms with Crippen LogP contribution in [0, 0.1) is 0 Å². The van der Waals surface area contributed by atoms with Crippen molar-refractivity contribution in [3.63, 3.8) is 0 Å². The second-order valence-electron chi connectivity index (χ2n) is 6.27. The average Bonchev–Trinajstić information content (AvgIpc) is 3.12. The van der Waals surface area contributed by atoms with Crippen LogP contribution in [0.2, 0.25) is 0 Å². The van der Waals surface area contributed by atoms with Crippen molar-refractivity contribution in [1.82, 2.24) is 24.8 Å². The molecule has 2 aliphatic rings. The van der Waals surface area contributed by atoms with Crippen molar-refractivity contribution in [2.75, 3.05) is 26.3 Å². The first-order chi connectivity index (χ1) is 11.8. The minimum Gasteiger partial charge on any atom is -0.377 e. The standard InChI is InChI=1S/C16H15N5O3/c22-9-20-5-12(6-20)16-18-15(19-24-16)10-1-2-11-4-17-21(14(11)3-10)13-7-23-8-13/h1-4,9,12-13H,5-8H2. The van der Waals surface area contributed by atoms with Crippen molar-refractivity contribution in [3.8, 4) is 11.4 Å². The van der Waals surface area contributed by atoms with Gasteiger partial charge in [-0.3, -0.25) is 9.48 Å². The first kappa shape index (κ1) is 13.7. The van der Waals surface area contributed by atoms with E-state index in [0.717, 1.165) is 22.9 Å². The van der Waals surface area contributed by atoms with E-state index < -0.39 is 0 Å². The van der Waals surface area contributed by atoms with Crippen LogP contribution in [0.15, 0.2) is 28.9 Å². The first-order valence-electron chi connectivity index (χ1n) is 7.90. The van der Waals surface area contributed by atoms with Gasteiger partial charge in [0.15, 0.2) is 0 Å². The number of nitrogens with zero attached hydrogens (tertiary/aromatic N) is 5. The van der Waals surface area contributed by atoms with E-state index >= 15 is 0 Å². The zero-order chi connectivity index (χ0) is 16.1. The second kappa shape index (κ2) is 5.13. The van der Waals surface area contributed by atoms with Crippen LogP contribution in [0.5, 0.6) is 0 Å². The van der Waals surface area contributed by atoms with Crippen molar-refractivity contribution in [2.24, 2.45) is 0 Å². The smallest absolute Gasteiger partial charge is 0.233 e. The minimum atomic E-state index is 0.137. The predicted molar refractivity (Wildman–Crippen MR) is 83.3 cm³/mol. The fraction of sp³-hybridized carbons (Fsp3) is 0.375. The molecule has 0 aliphatic carbocycles. The summed E-state index contributed by atoms with van der Waals surface area (Å²) in [5.74, 6) is 1.29. The summed E-state index contributed by atoms with van der Waals surface area (Å²) < 4.78 is 12.6. The molecule has 2 aliphatic heterocycles. The molecule has 0 spiro atoms. The maximum atomic E-state index is 10.6. The number of hydrogen-bond donors (Lipinski definition) is 0. The van der Waals surface area contributed by atoms with Gasteiger partial charge in [-0.2, -0.15) is 10.1 Å². The summed E-state index contributed by atoms with van der Waals surface area (Å²) in [6, 6.07) is 6.32. The van der Waals surface area contributed by atoms with E-state index in [-0.39, 0.29) is 5.92 Å². The van der Waals surface area contributed by atoms with E-state index in [1.165, 1.54) is 0 Å². The van der Waals surface area contributed by atoms with Gasteiger partial charge in [-0.05, 0) is 6.07 Å². The van der Waals surface area contributed by atoms with E-state index in [1.807, 2.05) is 29.1 Å². The quantitative estimate of drug-likeness (QED) is 0.670. The molecule has 2 fully saturated rings. The summed E-state index contributed by atoms with van der Waals surface area (Å²) in [6.45, 7) is 2.67. The predicted octanol–water partition coefficient (Wildman–Crippen LogP) is 1.21. The van der Waals surface area contributed by atoms with Gasteiger partial charge in [-0.15, -0.1) is 0 Å². The summed E-state index contributed by atoms with van der Waals surface area (Å²) in [4.78, 5) is 16.8. The molecule has 8 heteroatoms. The molecule has 8 nitrogen and oxygen atoms in total. The fourth-order valence-electron chi connectivity index (χ4n) is 3.11. The zero-order valence-corrected chi connectivity index (χ0v) is 12.8. The van der Waals surface area contributed by atoms with E-state index in [2.05, 4.69) is 15.2 Å². The highest BCUT2D eigenvalue weighted by atomic mass is 16.5. The van der Waals surface area contributed by atoms with Crippen molar-refractivity contribution in [1.29, 1.82) is 0 Å². The fourth-order valence-corrected chi connectivity index (χ4v) is 3.11. The van der Waals surface area contributed by atoms with Crippen LogP contribution >= 0.6 is 0 Å². The molecule has 2 saturated heterocycles. The molecule has 122 valence electrons. The van der Waals surface area contributed by atoms with Gasteiger partial charge in [0, 0.05) is 24.0 Å². The Morgan fingerprint density at radius 2 is 2.12 bits per heavy atom. The number of fused-ring (bicyclic) bond motifs is 1. The van der Waals surface area contributed by atoms with E-state index in [4.69, 9.17) is 9.26 Å². The molecule has 24 heavy (non-hydrogen) atoms. The Hall–Kier alpha value is -2.74. The van der Waals surface area contributed by atoms with Crippen LogP contribution in [0.1, 0.15) is 17.9 Å². The van der Waals surface area contributed by atoms with Crippen LogP contribution in [0.4, 0.5) is 0 Å². The maximum Gasteiger partial charge on any atom is 0.233 e. The summed E-state index contributed by atoms with van der Waals surface area (Å²) >= 11 is 0. The topological polar surface area (TPSA) is 86.3 Å². The number of benzene rings is 1. The van der Waals surface area contributed by atoms with Gasteiger partial charge in [-0.25, -0.2) is 0 Å². The maximum absolute atomic E-state index is 10.6. The molecule has 0 atom stereocenters.